The lowest BCUT2D eigenvalue weighted by molar-refractivity contribution is -0.145. The van der Waals surface area contributed by atoms with Gasteiger partial charge in [-0.2, -0.15) is 0 Å². The molecular formula is C29H38O7. The number of carbonyl (C=O) groups is 2. The first-order valence-corrected chi connectivity index (χ1v) is 13.0. The van der Waals surface area contributed by atoms with E-state index in [1.54, 1.807) is 12.1 Å². The average molecular weight is 499 g/mol. The second-order valence-corrected chi connectivity index (χ2v) is 9.27. The summed E-state index contributed by atoms with van der Waals surface area (Å²) in [5.41, 5.74) is 3.03. The van der Waals surface area contributed by atoms with E-state index in [0.29, 0.717) is 55.1 Å². The molecule has 1 aliphatic heterocycles. The van der Waals surface area contributed by atoms with Crippen LogP contribution in [0.5, 0.6) is 23.0 Å². The van der Waals surface area contributed by atoms with Crippen molar-refractivity contribution in [3.63, 3.8) is 0 Å². The third kappa shape index (κ3) is 6.71. The second kappa shape index (κ2) is 13.2. The van der Waals surface area contributed by atoms with E-state index in [0.717, 1.165) is 55.4 Å². The molecule has 0 saturated carbocycles. The topological polar surface area (TPSA) is 102 Å². The van der Waals surface area contributed by atoms with Crippen LogP contribution >= 0.6 is 0 Å². The number of rotatable bonds is 14. The Morgan fingerprint density at radius 3 is 2.17 bits per heavy atom. The molecule has 2 aromatic carbocycles. The zero-order valence-corrected chi connectivity index (χ0v) is 21.6. The van der Waals surface area contributed by atoms with Gasteiger partial charge in [0.25, 0.3) is 0 Å². The Labute approximate surface area is 213 Å². The summed E-state index contributed by atoms with van der Waals surface area (Å²) in [4.78, 5) is 23.1. The largest absolute Gasteiger partial charge is 0.507 e. The zero-order valence-electron chi connectivity index (χ0n) is 21.6. The third-order valence-electron chi connectivity index (χ3n) is 6.43. The summed E-state index contributed by atoms with van der Waals surface area (Å²) in [6, 6.07) is 7.35. The Morgan fingerprint density at radius 2 is 1.56 bits per heavy atom. The molecule has 196 valence electrons. The lowest BCUT2D eigenvalue weighted by atomic mass is 9.96. The van der Waals surface area contributed by atoms with Crippen molar-refractivity contribution in [2.75, 3.05) is 13.2 Å². The fraction of sp³-hybridized carbons (Fsp3) is 0.517. The summed E-state index contributed by atoms with van der Waals surface area (Å²) in [6.45, 7) is 6.62. The van der Waals surface area contributed by atoms with Crippen LogP contribution in [-0.4, -0.2) is 41.3 Å². The molecule has 1 atom stereocenters. The molecule has 0 bridgehead atoms. The van der Waals surface area contributed by atoms with Crippen LogP contribution in [0.15, 0.2) is 24.3 Å². The van der Waals surface area contributed by atoms with Crippen molar-refractivity contribution < 1.29 is 34.0 Å². The predicted molar refractivity (Wildman–Crippen MR) is 138 cm³/mol. The molecule has 0 amide bonds. The maximum Gasteiger partial charge on any atom is 0.344 e. The Bertz CT molecular complexity index is 1060. The number of hydrogen-bond acceptors (Lipinski definition) is 6. The van der Waals surface area contributed by atoms with Crippen LogP contribution in [-0.2, 0) is 24.1 Å². The molecule has 1 unspecified atom stereocenters. The quantitative estimate of drug-likeness (QED) is 0.247. The summed E-state index contributed by atoms with van der Waals surface area (Å²) < 4.78 is 17.9. The summed E-state index contributed by atoms with van der Waals surface area (Å²) in [7, 11) is 0. The molecule has 7 nitrogen and oxygen atoms in total. The highest BCUT2D eigenvalue weighted by Gasteiger charge is 2.28. The lowest BCUT2D eigenvalue weighted by Gasteiger charge is -2.26. The van der Waals surface area contributed by atoms with Gasteiger partial charge in [-0.1, -0.05) is 32.8 Å². The Kier molecular flexibility index (Phi) is 10.0. The van der Waals surface area contributed by atoms with Crippen LogP contribution in [0, 0.1) is 0 Å². The molecule has 0 saturated heterocycles. The zero-order chi connectivity index (χ0) is 26.1. The van der Waals surface area contributed by atoms with Crippen LogP contribution < -0.4 is 14.2 Å². The van der Waals surface area contributed by atoms with Gasteiger partial charge in [0.1, 0.15) is 23.0 Å². The van der Waals surface area contributed by atoms with Gasteiger partial charge in [0.15, 0.2) is 11.9 Å². The van der Waals surface area contributed by atoms with Crippen molar-refractivity contribution in [1.29, 1.82) is 0 Å². The molecule has 2 aromatic rings. The minimum absolute atomic E-state index is 0.0295. The van der Waals surface area contributed by atoms with Gasteiger partial charge >= 0.3 is 5.97 Å². The summed E-state index contributed by atoms with van der Waals surface area (Å²) >= 11 is 0. The molecule has 0 aliphatic carbocycles. The molecule has 7 heteroatoms. The predicted octanol–water partition coefficient (Wildman–Crippen LogP) is 5.91. The van der Waals surface area contributed by atoms with Crippen LogP contribution in [0.2, 0.25) is 0 Å². The van der Waals surface area contributed by atoms with Gasteiger partial charge in [-0.05, 0) is 75.6 Å². The number of carbonyl (C=O) groups excluding carboxylic acids is 1. The summed E-state index contributed by atoms with van der Waals surface area (Å²) in [5, 5.41) is 19.8. The number of ketones is 1. The standard InChI is InChI=1S/C29H38O7/c1-4-9-22-24(16-13-21(19(3)30)27(22)31)34-17-7-6-8-18-35-25-14-11-20-12-15-26(29(32)33)36-28(20)23(25)10-5-2/h11,13-14,16,26,31H,4-10,12,15,17-18H2,1-3H3,(H,32,33). The molecular weight excluding hydrogens is 460 g/mol. The third-order valence-corrected chi connectivity index (χ3v) is 6.43. The lowest BCUT2D eigenvalue weighted by Crippen LogP contribution is -2.31. The normalized spacial score (nSPS) is 14.6. The minimum Gasteiger partial charge on any atom is -0.507 e. The molecule has 0 radical (unpaired) electrons. The van der Waals surface area contributed by atoms with Gasteiger partial charge in [-0.3, -0.25) is 4.79 Å². The number of fused-ring (bicyclic) bond motifs is 1. The fourth-order valence-electron chi connectivity index (χ4n) is 4.56. The average Bonchev–Trinajstić information content (AvgIpc) is 2.85. The van der Waals surface area contributed by atoms with E-state index in [9.17, 15) is 19.8 Å². The van der Waals surface area contributed by atoms with E-state index < -0.39 is 12.1 Å². The van der Waals surface area contributed by atoms with E-state index in [-0.39, 0.29) is 11.5 Å². The van der Waals surface area contributed by atoms with Crippen molar-refractivity contribution in [2.24, 2.45) is 0 Å². The number of unbranched alkanes of at least 4 members (excludes halogenated alkanes) is 2. The number of ether oxygens (including phenoxy) is 3. The SMILES string of the molecule is CCCc1c(OCCCCCOc2ccc3c(c2CCC)OC(C(=O)O)CC3)ccc(C(C)=O)c1O. The first-order chi connectivity index (χ1) is 17.4. The highest BCUT2D eigenvalue weighted by atomic mass is 16.5. The molecule has 0 spiro atoms. The van der Waals surface area contributed by atoms with Crippen LogP contribution in [0.3, 0.4) is 0 Å². The number of benzene rings is 2. The smallest absolute Gasteiger partial charge is 0.344 e. The van der Waals surface area contributed by atoms with E-state index in [2.05, 4.69) is 6.92 Å². The number of hydrogen-bond donors (Lipinski definition) is 2. The van der Waals surface area contributed by atoms with Crippen molar-refractivity contribution in [1.82, 2.24) is 0 Å². The summed E-state index contributed by atoms with van der Waals surface area (Å²) in [6.07, 6.45) is 6.13. The number of aryl methyl sites for hydroxylation is 1. The molecule has 0 aromatic heterocycles. The van der Waals surface area contributed by atoms with Gasteiger partial charge < -0.3 is 24.4 Å². The second-order valence-electron chi connectivity index (χ2n) is 9.27. The van der Waals surface area contributed by atoms with Crippen LogP contribution in [0.1, 0.15) is 86.3 Å². The number of phenols is 1. The number of phenolic OH excluding ortho intramolecular Hbond substituents is 1. The number of carboxylic acids is 1. The van der Waals surface area contributed by atoms with E-state index >= 15 is 0 Å². The first kappa shape index (κ1) is 27.4. The van der Waals surface area contributed by atoms with E-state index in [1.165, 1.54) is 6.92 Å². The fourth-order valence-corrected chi connectivity index (χ4v) is 4.56. The Balaban J connectivity index is 1.50. The molecule has 2 N–H and O–H groups in total. The van der Waals surface area contributed by atoms with Gasteiger partial charge in [0.2, 0.25) is 0 Å². The van der Waals surface area contributed by atoms with Crippen molar-refractivity contribution in [3.8, 4) is 23.0 Å². The number of Topliss-reactive ketones (excluding diaryl/α,β-unsaturated/α-hetero) is 1. The number of aromatic hydroxyl groups is 1. The monoisotopic (exact) mass is 498 g/mol. The van der Waals surface area contributed by atoms with Gasteiger partial charge in [-0.15, -0.1) is 0 Å². The first-order valence-electron chi connectivity index (χ1n) is 13.0. The number of aliphatic carboxylic acids is 1. The maximum absolute atomic E-state index is 11.7. The van der Waals surface area contributed by atoms with Gasteiger partial charge in [0.05, 0.1) is 18.8 Å². The van der Waals surface area contributed by atoms with Crippen molar-refractivity contribution in [3.05, 3.63) is 46.5 Å². The molecule has 1 heterocycles. The van der Waals surface area contributed by atoms with E-state index in [1.807, 2.05) is 19.1 Å². The Morgan fingerprint density at radius 1 is 0.944 bits per heavy atom. The maximum atomic E-state index is 11.7. The van der Waals surface area contributed by atoms with Crippen LogP contribution in [0.25, 0.3) is 0 Å². The van der Waals surface area contributed by atoms with E-state index in [4.69, 9.17) is 14.2 Å². The van der Waals surface area contributed by atoms with Crippen molar-refractivity contribution >= 4 is 11.8 Å². The molecule has 3 rings (SSSR count). The van der Waals surface area contributed by atoms with Crippen LogP contribution in [0.4, 0.5) is 0 Å². The highest BCUT2D eigenvalue weighted by molar-refractivity contribution is 5.97. The molecule has 0 fully saturated rings. The van der Waals surface area contributed by atoms with Gasteiger partial charge in [-0.25, -0.2) is 4.79 Å². The van der Waals surface area contributed by atoms with Crippen molar-refractivity contribution in [2.45, 2.75) is 84.7 Å². The number of carboxylic acid groups (broad SMARTS) is 1. The van der Waals surface area contributed by atoms with Gasteiger partial charge in [0, 0.05) is 11.1 Å². The Hall–Kier alpha value is -3.22. The molecule has 1 aliphatic rings. The summed E-state index contributed by atoms with van der Waals surface area (Å²) in [5.74, 6) is 1.02. The minimum atomic E-state index is -0.927. The highest BCUT2D eigenvalue weighted by Crippen LogP contribution is 2.38. The molecule has 36 heavy (non-hydrogen) atoms.